The molecule has 1 aliphatic rings. The second-order valence-electron chi connectivity index (χ2n) is 2.86. The first kappa shape index (κ1) is 10.9. The van der Waals surface area contributed by atoms with Gasteiger partial charge in [-0.2, -0.15) is 0 Å². The number of rotatable bonds is 0. The molecule has 0 aliphatic carbocycles. The molecule has 0 bridgehead atoms. The average molecular weight is 294 g/mol. The van der Waals surface area contributed by atoms with Crippen molar-refractivity contribution in [2.24, 2.45) is 0 Å². The Morgan fingerprint density at radius 2 is 1.79 bits per heavy atom. The number of benzene rings is 1. The summed E-state index contributed by atoms with van der Waals surface area (Å²) in [6, 6.07) is 3.29. The van der Waals surface area contributed by atoms with E-state index in [1.165, 1.54) is 0 Å². The first-order valence-corrected chi connectivity index (χ1v) is 8.80. The van der Waals surface area contributed by atoms with Gasteiger partial charge in [0.2, 0.25) is 0 Å². The van der Waals surface area contributed by atoms with Crippen molar-refractivity contribution in [1.82, 2.24) is 0 Å². The van der Waals surface area contributed by atoms with E-state index in [9.17, 15) is 0 Å². The summed E-state index contributed by atoms with van der Waals surface area (Å²) < 4.78 is 10.4. The zero-order valence-corrected chi connectivity index (χ0v) is 10.8. The third kappa shape index (κ3) is 1.87. The maximum absolute atomic E-state index is 5.88. The van der Waals surface area contributed by atoms with Gasteiger partial charge in [-0.1, -0.05) is 0 Å². The summed E-state index contributed by atoms with van der Waals surface area (Å²) in [7, 11) is 0. The second kappa shape index (κ2) is 2.96. The topological polar surface area (TPSA) is 18.5 Å². The second-order valence-corrected chi connectivity index (χ2v) is 12.1. The molecule has 0 unspecified atom stereocenters. The summed E-state index contributed by atoms with van der Waals surface area (Å²) in [5.74, 6) is 0.833. The molecule has 78 valence electrons. The van der Waals surface area contributed by atoms with Gasteiger partial charge in [-0.3, -0.25) is 0 Å². The van der Waals surface area contributed by atoms with Crippen LogP contribution >= 0.6 is 50.4 Å². The van der Waals surface area contributed by atoms with Crippen LogP contribution in [0.5, 0.6) is 11.5 Å². The van der Waals surface area contributed by atoms with Crippen LogP contribution in [0, 0.1) is 6.92 Å². The Morgan fingerprint density at radius 3 is 2.43 bits per heavy atom. The molecule has 1 aliphatic heterocycles. The molecule has 0 radical (unpaired) electrons. The quantitative estimate of drug-likeness (QED) is 0.607. The van der Waals surface area contributed by atoms with Crippen molar-refractivity contribution in [1.29, 1.82) is 0 Å². The Morgan fingerprint density at radius 1 is 1.14 bits per heavy atom. The fourth-order valence-corrected chi connectivity index (χ4v) is 3.57. The summed E-state index contributed by atoms with van der Waals surface area (Å²) in [6.07, 6.45) is 0. The van der Waals surface area contributed by atoms with Crippen molar-refractivity contribution < 1.29 is 9.05 Å². The van der Waals surface area contributed by atoms with E-state index >= 15 is 0 Å². The number of halogens is 4. The molecule has 1 heterocycles. The third-order valence-electron chi connectivity index (χ3n) is 1.77. The molecule has 7 heteroatoms. The van der Waals surface area contributed by atoms with Gasteiger partial charge in [-0.15, -0.1) is 0 Å². The van der Waals surface area contributed by atoms with Crippen molar-refractivity contribution in [2.75, 3.05) is 0 Å². The van der Waals surface area contributed by atoms with Crippen molar-refractivity contribution >= 4 is 50.4 Å². The normalized spacial score (nSPS) is 23.9. The predicted molar refractivity (Wildman–Crippen MR) is 61.9 cm³/mol. The van der Waals surface area contributed by atoms with E-state index in [0.717, 1.165) is 0 Å². The number of hydrogen-bond donors (Lipinski definition) is 0. The molecule has 2 rings (SSSR count). The minimum absolute atomic E-state index is 0.412. The Labute approximate surface area is 100 Å². The molecule has 1 aromatic rings. The van der Waals surface area contributed by atoms with E-state index in [2.05, 4.69) is 0 Å². The van der Waals surface area contributed by atoms with Crippen molar-refractivity contribution in [3.8, 4) is 11.5 Å². The van der Waals surface area contributed by atoms with Crippen molar-refractivity contribution in [3.05, 3.63) is 22.7 Å². The van der Waals surface area contributed by atoms with E-state index in [-0.39, 0.29) is 0 Å². The summed E-state index contributed by atoms with van der Waals surface area (Å²) in [5.41, 5.74) is 0.706. The first-order chi connectivity index (χ1) is 6.26. The van der Waals surface area contributed by atoms with Gasteiger partial charge in [-0.05, 0) is 0 Å². The van der Waals surface area contributed by atoms with E-state index in [1.54, 1.807) is 19.1 Å². The Hall–Kier alpha value is 0.410. The van der Waals surface area contributed by atoms with Gasteiger partial charge < -0.3 is 0 Å². The van der Waals surface area contributed by atoms with Crippen LogP contribution in [-0.2, 0) is 0 Å². The Bertz CT molecular complexity index is 412. The van der Waals surface area contributed by atoms with Gasteiger partial charge in [-0.25, -0.2) is 0 Å². The van der Waals surface area contributed by atoms with E-state index in [1.807, 2.05) is 0 Å². The van der Waals surface area contributed by atoms with Gasteiger partial charge in [0.05, 0.1) is 0 Å². The van der Waals surface area contributed by atoms with Gasteiger partial charge in [0.1, 0.15) is 0 Å². The summed E-state index contributed by atoms with van der Waals surface area (Å²) in [5, 5.41) is -3.46. The molecule has 0 fully saturated rings. The van der Waals surface area contributed by atoms with Crippen molar-refractivity contribution in [3.63, 3.8) is 0 Å². The number of fused-ring (bicyclic) bond motifs is 1. The summed E-state index contributed by atoms with van der Waals surface area (Å²) in [4.78, 5) is 0. The molecular formula is C7H5Cl4O2P. The Balaban J connectivity index is 2.57. The molecule has 0 aromatic heterocycles. The molecule has 0 amide bonds. The minimum atomic E-state index is -4.00. The molecule has 0 N–H and O–H groups in total. The van der Waals surface area contributed by atoms with Crippen LogP contribution in [0.4, 0.5) is 0 Å². The SMILES string of the molecule is Cc1c(Cl)ccc2c1OP(Cl)(Cl)(Cl)O2. The van der Waals surface area contributed by atoms with Gasteiger partial charge >= 0.3 is 101 Å². The van der Waals surface area contributed by atoms with Crippen LogP contribution in [-0.4, -0.2) is 0 Å². The monoisotopic (exact) mass is 292 g/mol. The average Bonchev–Trinajstić information content (AvgIpc) is 2.29. The zero-order valence-electron chi connectivity index (χ0n) is 6.93. The third-order valence-corrected chi connectivity index (χ3v) is 4.37. The van der Waals surface area contributed by atoms with E-state index in [0.29, 0.717) is 22.1 Å². The van der Waals surface area contributed by atoms with Crippen LogP contribution in [0.25, 0.3) is 0 Å². The van der Waals surface area contributed by atoms with Crippen LogP contribution < -0.4 is 9.05 Å². The summed E-state index contributed by atoms with van der Waals surface area (Å²) >= 11 is 23.2. The van der Waals surface area contributed by atoms with Crippen LogP contribution in [0.3, 0.4) is 0 Å². The molecule has 2 nitrogen and oxygen atoms in total. The zero-order chi connectivity index (χ0) is 10.6. The van der Waals surface area contributed by atoms with Crippen LogP contribution in [0.1, 0.15) is 5.56 Å². The fraction of sp³-hybridized carbons (Fsp3) is 0.143. The van der Waals surface area contributed by atoms with Crippen molar-refractivity contribution in [2.45, 2.75) is 6.92 Å². The van der Waals surface area contributed by atoms with Crippen LogP contribution in [0.15, 0.2) is 12.1 Å². The molecule has 0 saturated carbocycles. The summed E-state index contributed by atoms with van der Waals surface area (Å²) in [6.45, 7) is 1.77. The maximum atomic E-state index is 5.88. The molecule has 1 aromatic carbocycles. The number of hydrogen-bond acceptors (Lipinski definition) is 2. The Kier molecular flexibility index (Phi) is 2.31. The van der Waals surface area contributed by atoms with Gasteiger partial charge in [0, 0.05) is 0 Å². The first-order valence-electron chi connectivity index (χ1n) is 3.63. The van der Waals surface area contributed by atoms with Gasteiger partial charge in [0.15, 0.2) is 0 Å². The molecule has 0 spiro atoms. The van der Waals surface area contributed by atoms with E-state index < -0.39 is 5.12 Å². The molecular weight excluding hydrogens is 289 g/mol. The molecule has 0 saturated heterocycles. The predicted octanol–water partition coefficient (Wildman–Crippen LogP) is 5.26. The molecule has 14 heavy (non-hydrogen) atoms. The van der Waals surface area contributed by atoms with Crippen LogP contribution in [0.2, 0.25) is 5.02 Å². The van der Waals surface area contributed by atoms with Gasteiger partial charge in [0.25, 0.3) is 0 Å². The molecule has 0 atom stereocenters. The standard InChI is InChI=1S/C7H5Cl4O2P/c1-4-5(8)2-3-6-7(4)13-14(9,10,11)12-6/h2-3H,1H3. The fourth-order valence-electron chi connectivity index (χ4n) is 1.14. The van der Waals surface area contributed by atoms with E-state index in [4.69, 9.17) is 54.4 Å².